The molecule has 2 aromatic carbocycles. The summed E-state index contributed by atoms with van der Waals surface area (Å²) in [5.74, 6) is -1.76. The highest BCUT2D eigenvalue weighted by Gasteiger charge is 2.35. The topological polar surface area (TPSA) is 155 Å². The number of aliphatic hydroxyl groups excluding tert-OH is 2. The molecule has 2 aliphatic carbocycles. The monoisotopic (exact) mass is 569 g/mol. The van der Waals surface area contributed by atoms with Crippen molar-refractivity contribution in [3.05, 3.63) is 77.4 Å². The Balaban J connectivity index is 0.00000282. The van der Waals surface area contributed by atoms with Crippen molar-refractivity contribution in [3.63, 3.8) is 0 Å². The summed E-state index contributed by atoms with van der Waals surface area (Å²) in [6.07, 6.45) is 9.56. The number of benzene rings is 2. The van der Waals surface area contributed by atoms with Crippen LogP contribution in [0.3, 0.4) is 0 Å². The number of aromatic hydroxyl groups is 1. The maximum atomic E-state index is 13.2. The Kier molecular flexibility index (Phi) is 13.3. The predicted molar refractivity (Wildman–Crippen MR) is 164 cm³/mol. The lowest BCUT2D eigenvalue weighted by molar-refractivity contribution is -0.131. The van der Waals surface area contributed by atoms with Gasteiger partial charge in [0.15, 0.2) is 5.78 Å². The molecule has 0 aromatic heterocycles. The minimum absolute atomic E-state index is 0. The molecule has 0 saturated carbocycles. The highest BCUT2D eigenvalue weighted by atomic mass is 16.3. The number of Topliss-reactive ketones (excluding diaryl/α,β-unsaturated/α-hetero) is 3. The van der Waals surface area contributed by atoms with Crippen LogP contribution in [0, 0.1) is 17.8 Å². The Morgan fingerprint density at radius 2 is 1.66 bits per heavy atom. The Labute approximate surface area is 245 Å². The van der Waals surface area contributed by atoms with Crippen molar-refractivity contribution in [2.75, 3.05) is 27.3 Å². The molecule has 4 rings (SSSR count). The minimum atomic E-state index is -0.762. The number of hydrogen-bond acceptors (Lipinski definition) is 7. The summed E-state index contributed by atoms with van der Waals surface area (Å²) in [5, 5.41) is 32.9. The number of carbonyl (C=O) groups excluding carboxylic acids is 3. The molecule has 8 heteroatoms. The van der Waals surface area contributed by atoms with Crippen LogP contribution in [0.4, 0.5) is 0 Å². The van der Waals surface area contributed by atoms with Crippen molar-refractivity contribution in [1.29, 1.82) is 0 Å². The average molecular weight is 570 g/mol. The van der Waals surface area contributed by atoms with E-state index in [-0.39, 0.29) is 68.6 Å². The lowest BCUT2D eigenvalue weighted by atomic mass is 9.72. The third kappa shape index (κ3) is 8.53. The minimum Gasteiger partial charge on any atom is -0.507 e. The van der Waals surface area contributed by atoms with Gasteiger partial charge in [-0.1, -0.05) is 54.6 Å². The zero-order valence-corrected chi connectivity index (χ0v) is 24.1. The molecule has 2 aromatic rings. The number of allylic oxidation sites excluding steroid dienone is 4. The average Bonchev–Trinajstić information content (AvgIpc) is 3.45. The first-order valence-corrected chi connectivity index (χ1v) is 13.9. The SMILES string of the molecule is CC(=O)CC(=O)C(CO)C(CCO)CC1CC(=O)c2c(O)ccc(-c3ccc(C4C=CC=C4)cc3)c2C1.CNC.O.[HH].[HH]. The van der Waals surface area contributed by atoms with Crippen LogP contribution in [0.15, 0.2) is 60.7 Å². The first kappa shape index (κ1) is 33.8. The van der Waals surface area contributed by atoms with Crippen LogP contribution < -0.4 is 5.32 Å². The summed E-state index contributed by atoms with van der Waals surface area (Å²) < 4.78 is 0. The van der Waals surface area contributed by atoms with Gasteiger partial charge in [-0.2, -0.15) is 0 Å². The molecule has 3 unspecified atom stereocenters. The van der Waals surface area contributed by atoms with Crippen molar-refractivity contribution in [2.45, 2.75) is 44.9 Å². The lowest BCUT2D eigenvalue weighted by Crippen LogP contribution is -2.32. The van der Waals surface area contributed by atoms with E-state index in [9.17, 15) is 29.7 Å². The van der Waals surface area contributed by atoms with Crippen LogP contribution in [0.1, 0.15) is 62.9 Å². The normalized spacial score (nSPS) is 17.2. The van der Waals surface area contributed by atoms with Gasteiger partial charge in [-0.05, 0) is 80.4 Å². The molecular weight excluding hydrogens is 522 g/mol. The van der Waals surface area contributed by atoms with Crippen molar-refractivity contribution in [1.82, 2.24) is 5.32 Å². The van der Waals surface area contributed by atoms with E-state index >= 15 is 0 Å². The van der Waals surface area contributed by atoms with Gasteiger partial charge >= 0.3 is 0 Å². The maximum absolute atomic E-state index is 13.2. The van der Waals surface area contributed by atoms with Crippen molar-refractivity contribution >= 4 is 17.3 Å². The summed E-state index contributed by atoms with van der Waals surface area (Å²) in [5.41, 5.74) is 4.15. The molecule has 8 nitrogen and oxygen atoms in total. The fourth-order valence-electron chi connectivity index (χ4n) is 5.83. The molecule has 0 fully saturated rings. The first-order chi connectivity index (χ1) is 19.2. The molecule has 226 valence electrons. The highest BCUT2D eigenvalue weighted by molar-refractivity contribution is 6.03. The number of phenolic OH excluding ortho intramolecular Hbond substituents is 1. The molecule has 6 N–H and O–H groups in total. The zero-order valence-electron chi connectivity index (χ0n) is 24.1. The number of fused-ring (bicyclic) bond motifs is 1. The van der Waals surface area contributed by atoms with Gasteiger partial charge in [0, 0.05) is 27.7 Å². The molecule has 0 spiro atoms. The third-order valence-corrected chi connectivity index (χ3v) is 7.63. The summed E-state index contributed by atoms with van der Waals surface area (Å²) in [7, 11) is 3.75. The molecule has 0 saturated heterocycles. The molecule has 2 aliphatic rings. The smallest absolute Gasteiger partial charge is 0.167 e. The van der Waals surface area contributed by atoms with Crippen LogP contribution in [0.5, 0.6) is 5.75 Å². The molecule has 3 atom stereocenters. The van der Waals surface area contributed by atoms with Crippen LogP contribution in [0.25, 0.3) is 11.1 Å². The molecule has 41 heavy (non-hydrogen) atoms. The van der Waals surface area contributed by atoms with Gasteiger partial charge in [-0.25, -0.2) is 0 Å². The summed E-state index contributed by atoms with van der Waals surface area (Å²) in [6, 6.07) is 11.6. The number of ketones is 3. The number of aliphatic hydroxyl groups is 2. The molecular formula is C33H47NO7. The van der Waals surface area contributed by atoms with Gasteiger partial charge in [-0.3, -0.25) is 14.4 Å². The number of hydrogen-bond donors (Lipinski definition) is 4. The van der Waals surface area contributed by atoms with Gasteiger partial charge in [-0.15, -0.1) is 0 Å². The van der Waals surface area contributed by atoms with Crippen LogP contribution in [-0.2, 0) is 16.0 Å². The van der Waals surface area contributed by atoms with Gasteiger partial charge < -0.3 is 26.1 Å². The lowest BCUT2D eigenvalue weighted by Gasteiger charge is -2.31. The van der Waals surface area contributed by atoms with Gasteiger partial charge in [0.05, 0.1) is 18.6 Å². The largest absolute Gasteiger partial charge is 0.507 e. The van der Waals surface area contributed by atoms with Gasteiger partial charge in [0.25, 0.3) is 0 Å². The standard InChI is InChI=1S/C31H34O6.C2H7N.H2O.2H2/c1-19(34)14-29(36)27(18-33)24(12-13-32)15-20-16-26-25(10-11-28(35)31(26)30(37)17-20)23-8-6-22(7-9-23)21-4-2-3-5-21;1-3-2;;;/h2-11,20-21,24,27,32-33,35H,12-18H2,1H3;3H,1-2H3;1H2;2*1H. The van der Waals surface area contributed by atoms with E-state index in [2.05, 4.69) is 29.6 Å². The summed E-state index contributed by atoms with van der Waals surface area (Å²) >= 11 is 0. The second-order valence-electron chi connectivity index (χ2n) is 10.7. The predicted octanol–water partition coefficient (Wildman–Crippen LogP) is 4.06. The molecule has 0 bridgehead atoms. The van der Waals surface area contributed by atoms with Gasteiger partial charge in [0.1, 0.15) is 17.3 Å². The van der Waals surface area contributed by atoms with E-state index in [4.69, 9.17) is 0 Å². The number of nitrogens with one attached hydrogen (secondary N) is 1. The van der Waals surface area contributed by atoms with E-state index in [0.29, 0.717) is 24.8 Å². The molecule has 0 aliphatic heterocycles. The highest BCUT2D eigenvalue weighted by Crippen LogP contribution is 2.41. The second kappa shape index (κ2) is 16.1. The van der Waals surface area contributed by atoms with Crippen LogP contribution in [0.2, 0.25) is 0 Å². The Morgan fingerprint density at radius 3 is 2.22 bits per heavy atom. The Hall–Kier alpha value is -3.43. The quantitative estimate of drug-likeness (QED) is 0.297. The maximum Gasteiger partial charge on any atom is 0.167 e. The van der Waals surface area contributed by atoms with Gasteiger partial charge in [0.2, 0.25) is 0 Å². The molecule has 0 radical (unpaired) electrons. The van der Waals surface area contributed by atoms with E-state index in [1.54, 1.807) is 6.07 Å². The molecule has 0 amide bonds. The number of carbonyl (C=O) groups is 3. The fraction of sp³-hybridized carbons (Fsp3) is 0.424. The number of rotatable bonds is 11. The van der Waals surface area contributed by atoms with Crippen molar-refractivity contribution < 1.29 is 38.0 Å². The first-order valence-electron chi connectivity index (χ1n) is 13.9. The summed E-state index contributed by atoms with van der Waals surface area (Å²) in [6.45, 7) is 0.777. The van der Waals surface area contributed by atoms with E-state index in [1.165, 1.54) is 12.5 Å². The van der Waals surface area contributed by atoms with Crippen molar-refractivity contribution in [2.24, 2.45) is 17.8 Å². The van der Waals surface area contributed by atoms with Crippen LogP contribution >= 0.6 is 0 Å². The molecule has 0 heterocycles. The fourth-order valence-corrected chi connectivity index (χ4v) is 5.83. The zero-order chi connectivity index (χ0) is 29.2. The number of phenols is 1. The Morgan fingerprint density at radius 1 is 1.02 bits per heavy atom. The van der Waals surface area contributed by atoms with E-state index in [1.807, 2.05) is 44.4 Å². The second-order valence-corrected chi connectivity index (χ2v) is 10.7. The summed E-state index contributed by atoms with van der Waals surface area (Å²) in [4.78, 5) is 37.3. The van der Waals surface area contributed by atoms with E-state index in [0.717, 1.165) is 16.7 Å². The third-order valence-electron chi connectivity index (χ3n) is 7.63. The van der Waals surface area contributed by atoms with Crippen LogP contribution in [-0.4, -0.2) is 65.5 Å². The van der Waals surface area contributed by atoms with E-state index < -0.39 is 12.5 Å². The van der Waals surface area contributed by atoms with Crippen molar-refractivity contribution in [3.8, 4) is 16.9 Å². The Bertz CT molecular complexity index is 1250.